The monoisotopic (exact) mass is 451 g/mol. The zero-order valence-electron chi connectivity index (χ0n) is 17.4. The van der Waals surface area contributed by atoms with Crippen molar-refractivity contribution < 1.29 is 31.1 Å². The van der Waals surface area contributed by atoms with Crippen molar-refractivity contribution in [3.8, 4) is 0 Å². The third kappa shape index (κ3) is 7.10. The average Bonchev–Trinajstić information content (AvgIpc) is 3.50. The Morgan fingerprint density at radius 2 is 1.45 bits per heavy atom. The Morgan fingerprint density at radius 3 is 1.94 bits per heavy atom. The van der Waals surface area contributed by atoms with Crippen molar-refractivity contribution in [2.45, 2.75) is 31.6 Å². The van der Waals surface area contributed by atoms with Crippen LogP contribution in [0.3, 0.4) is 0 Å². The zero-order valence-corrected chi connectivity index (χ0v) is 17.4. The molecule has 4 nitrogen and oxygen atoms in total. The Hall–Kier alpha value is -1.81. The molecule has 0 unspecified atom stereocenters. The number of alkyl halides is 6. The number of carbonyl (C=O) groups is 1. The van der Waals surface area contributed by atoms with Crippen LogP contribution in [0.4, 0.5) is 26.3 Å². The van der Waals surface area contributed by atoms with E-state index in [0.29, 0.717) is 12.1 Å². The molecule has 1 aliphatic heterocycles. The molecule has 2 aliphatic rings. The van der Waals surface area contributed by atoms with E-state index in [1.54, 1.807) is 0 Å². The average molecular weight is 451 g/mol. The topological polar surface area (TPSA) is 26.8 Å². The maximum Gasteiger partial charge on any atom is 0.416 e. The highest BCUT2D eigenvalue weighted by Crippen LogP contribution is 2.36. The Kier molecular flexibility index (Phi) is 7.20. The van der Waals surface area contributed by atoms with Gasteiger partial charge >= 0.3 is 12.4 Å². The molecule has 174 valence electrons. The van der Waals surface area contributed by atoms with E-state index in [-0.39, 0.29) is 37.0 Å². The van der Waals surface area contributed by atoms with Crippen LogP contribution >= 0.6 is 0 Å². The lowest BCUT2D eigenvalue weighted by Gasteiger charge is -2.35. The van der Waals surface area contributed by atoms with E-state index < -0.39 is 23.5 Å². The first-order valence-electron chi connectivity index (χ1n) is 10.4. The molecule has 1 aromatic carbocycles. The third-order valence-electron chi connectivity index (χ3n) is 5.85. The van der Waals surface area contributed by atoms with Gasteiger partial charge in [0.1, 0.15) is 0 Å². The second kappa shape index (κ2) is 9.36. The molecule has 1 amide bonds. The zero-order chi connectivity index (χ0) is 22.8. The summed E-state index contributed by atoms with van der Waals surface area (Å²) in [7, 11) is 1.52. The van der Waals surface area contributed by atoms with Crippen molar-refractivity contribution in [3.63, 3.8) is 0 Å². The molecule has 0 aromatic heterocycles. The minimum atomic E-state index is -4.88. The molecule has 1 heterocycles. The fourth-order valence-electron chi connectivity index (χ4n) is 3.69. The first-order valence-corrected chi connectivity index (χ1v) is 10.4. The first kappa shape index (κ1) is 23.8. The highest BCUT2D eigenvalue weighted by atomic mass is 19.4. The summed E-state index contributed by atoms with van der Waals surface area (Å²) in [4.78, 5) is 18.3. The molecule has 0 N–H and O–H groups in total. The van der Waals surface area contributed by atoms with Crippen molar-refractivity contribution in [3.05, 3.63) is 34.9 Å². The Morgan fingerprint density at radius 1 is 0.935 bits per heavy atom. The van der Waals surface area contributed by atoms with Crippen LogP contribution in [0.25, 0.3) is 0 Å². The summed E-state index contributed by atoms with van der Waals surface area (Å²) in [5.41, 5.74) is -2.78. The van der Waals surface area contributed by atoms with Crippen LogP contribution in [0.5, 0.6) is 0 Å². The number of benzene rings is 1. The Balaban J connectivity index is 1.52. The number of piperazine rings is 1. The van der Waals surface area contributed by atoms with Crippen molar-refractivity contribution >= 4 is 5.91 Å². The summed E-state index contributed by atoms with van der Waals surface area (Å²) in [6.45, 7) is 4.70. The second-order valence-corrected chi connectivity index (χ2v) is 8.50. The molecule has 0 bridgehead atoms. The molecule has 1 saturated heterocycles. The summed E-state index contributed by atoms with van der Waals surface area (Å²) in [5.74, 6) is 0.617. The summed E-state index contributed by atoms with van der Waals surface area (Å²) >= 11 is 0. The number of hydrogen-bond donors (Lipinski definition) is 0. The standard InChI is InChI=1S/C21H27F6N3O/c1-28(19(31)14-30-8-6-29(7-9-30)13-15-2-3-15)5-4-16-10-17(20(22,23)24)12-18(11-16)21(25,26)27/h10-12,15H,2-9,13-14H2,1H3. The first-order chi connectivity index (χ1) is 14.4. The van der Waals surface area contributed by atoms with Gasteiger partial charge in [-0.1, -0.05) is 0 Å². The molecular weight excluding hydrogens is 424 g/mol. The maximum atomic E-state index is 13.0. The number of rotatable bonds is 7. The van der Waals surface area contributed by atoms with Gasteiger partial charge in [0, 0.05) is 46.3 Å². The van der Waals surface area contributed by atoms with Crippen LogP contribution in [0, 0.1) is 5.92 Å². The minimum Gasteiger partial charge on any atom is -0.344 e. The lowest BCUT2D eigenvalue weighted by molar-refractivity contribution is -0.143. The highest BCUT2D eigenvalue weighted by molar-refractivity contribution is 5.78. The molecular formula is C21H27F6N3O. The van der Waals surface area contributed by atoms with Crippen LogP contribution in [-0.2, 0) is 23.6 Å². The van der Waals surface area contributed by atoms with E-state index in [9.17, 15) is 31.1 Å². The molecule has 0 radical (unpaired) electrons. The fourth-order valence-corrected chi connectivity index (χ4v) is 3.69. The van der Waals surface area contributed by atoms with Crippen LogP contribution in [0.2, 0.25) is 0 Å². The minimum absolute atomic E-state index is 0.0408. The van der Waals surface area contributed by atoms with Gasteiger partial charge in [-0.25, -0.2) is 0 Å². The van der Waals surface area contributed by atoms with Gasteiger partial charge in [0.05, 0.1) is 17.7 Å². The number of amides is 1. The Labute approximate surface area is 177 Å². The van der Waals surface area contributed by atoms with Gasteiger partial charge < -0.3 is 9.80 Å². The van der Waals surface area contributed by atoms with Crippen LogP contribution in [0.15, 0.2) is 18.2 Å². The van der Waals surface area contributed by atoms with E-state index >= 15 is 0 Å². The van der Waals surface area contributed by atoms with Crippen LogP contribution in [-0.4, -0.2) is 73.5 Å². The maximum absolute atomic E-state index is 13.0. The number of halogens is 6. The van der Waals surface area contributed by atoms with Gasteiger partial charge in [0.2, 0.25) is 5.91 Å². The predicted molar refractivity (Wildman–Crippen MR) is 103 cm³/mol. The Bertz CT molecular complexity index is 735. The van der Waals surface area contributed by atoms with Gasteiger partial charge in [-0.05, 0) is 48.9 Å². The van der Waals surface area contributed by atoms with E-state index in [1.165, 1.54) is 24.8 Å². The fraction of sp³-hybridized carbons (Fsp3) is 0.667. The summed E-state index contributed by atoms with van der Waals surface area (Å²) in [6, 6.07) is 1.54. The number of nitrogens with zero attached hydrogens (tertiary/aromatic N) is 3. The van der Waals surface area contributed by atoms with Crippen molar-refractivity contribution in [2.75, 3.05) is 52.9 Å². The van der Waals surface area contributed by atoms with E-state index in [0.717, 1.165) is 38.6 Å². The van der Waals surface area contributed by atoms with Crippen LogP contribution < -0.4 is 0 Å². The van der Waals surface area contributed by atoms with E-state index in [4.69, 9.17) is 0 Å². The normalized spacial score (nSPS) is 18.9. The molecule has 1 aromatic rings. The van der Waals surface area contributed by atoms with Gasteiger partial charge in [-0.15, -0.1) is 0 Å². The summed E-state index contributed by atoms with van der Waals surface area (Å²) in [6.07, 6.45) is -7.26. The quantitative estimate of drug-likeness (QED) is 0.591. The van der Waals surface area contributed by atoms with Gasteiger partial charge in [-0.3, -0.25) is 9.69 Å². The number of carbonyl (C=O) groups excluding carboxylic acids is 1. The van der Waals surface area contributed by atoms with Crippen LogP contribution in [0.1, 0.15) is 29.5 Å². The summed E-state index contributed by atoms with van der Waals surface area (Å²) in [5, 5.41) is 0. The highest BCUT2D eigenvalue weighted by Gasteiger charge is 2.37. The lowest BCUT2D eigenvalue weighted by Crippen LogP contribution is -2.50. The molecule has 2 fully saturated rings. The third-order valence-corrected chi connectivity index (χ3v) is 5.85. The van der Waals surface area contributed by atoms with Crippen molar-refractivity contribution in [1.29, 1.82) is 0 Å². The number of likely N-dealkylation sites (N-methyl/N-ethyl adjacent to an activating group) is 1. The molecule has 3 rings (SSSR count). The molecule has 1 saturated carbocycles. The van der Waals surface area contributed by atoms with Crippen molar-refractivity contribution in [2.24, 2.45) is 5.92 Å². The van der Waals surface area contributed by atoms with Gasteiger partial charge in [0.25, 0.3) is 0 Å². The van der Waals surface area contributed by atoms with E-state index in [1.807, 2.05) is 4.90 Å². The molecule has 31 heavy (non-hydrogen) atoms. The number of hydrogen-bond acceptors (Lipinski definition) is 3. The second-order valence-electron chi connectivity index (χ2n) is 8.50. The molecule has 0 atom stereocenters. The van der Waals surface area contributed by atoms with E-state index in [2.05, 4.69) is 4.90 Å². The molecule has 0 spiro atoms. The molecule has 1 aliphatic carbocycles. The SMILES string of the molecule is CN(CCc1cc(C(F)(F)F)cc(C(F)(F)F)c1)C(=O)CN1CCN(CC2CC2)CC1. The largest absolute Gasteiger partial charge is 0.416 e. The summed E-state index contributed by atoms with van der Waals surface area (Å²) < 4.78 is 77.9. The predicted octanol–water partition coefficient (Wildman–Crippen LogP) is 3.75. The van der Waals surface area contributed by atoms with Gasteiger partial charge in [-0.2, -0.15) is 26.3 Å². The lowest BCUT2D eigenvalue weighted by atomic mass is 10.0. The van der Waals surface area contributed by atoms with Crippen molar-refractivity contribution in [1.82, 2.24) is 14.7 Å². The van der Waals surface area contributed by atoms with Gasteiger partial charge in [0.15, 0.2) is 0 Å². The molecule has 10 heteroatoms. The smallest absolute Gasteiger partial charge is 0.344 e.